The van der Waals surface area contributed by atoms with E-state index < -0.39 is 10.8 Å². The van der Waals surface area contributed by atoms with Crippen molar-refractivity contribution in [1.29, 1.82) is 0 Å². The zero-order valence-corrected chi connectivity index (χ0v) is 12.1. The van der Waals surface area contributed by atoms with Gasteiger partial charge in [-0.3, -0.25) is 14.9 Å². The summed E-state index contributed by atoms with van der Waals surface area (Å²) < 4.78 is 1.23. The molecule has 2 N–H and O–H groups in total. The third-order valence-electron chi connectivity index (χ3n) is 2.44. The van der Waals surface area contributed by atoms with Crippen molar-refractivity contribution in [3.05, 3.63) is 34.6 Å². The molecular formula is C11H12N6O4S. The number of anilines is 1. The van der Waals surface area contributed by atoms with Gasteiger partial charge in [-0.25, -0.2) is 4.68 Å². The van der Waals surface area contributed by atoms with Gasteiger partial charge in [0.2, 0.25) is 5.91 Å². The number of rotatable bonds is 7. The van der Waals surface area contributed by atoms with E-state index >= 15 is 0 Å². The summed E-state index contributed by atoms with van der Waals surface area (Å²) in [6, 6.07) is 4.25. The Morgan fingerprint density at radius 1 is 1.45 bits per heavy atom. The Kier molecular flexibility index (Phi) is 5.38. The molecule has 1 aromatic carbocycles. The number of nitrogens with zero attached hydrogens (tertiary/aromatic N) is 5. The fourth-order valence-electron chi connectivity index (χ4n) is 1.61. The van der Waals surface area contributed by atoms with Crippen LogP contribution in [0.15, 0.2) is 29.4 Å². The Bertz CT molecular complexity index is 663. The molecule has 2 aromatic rings. The molecule has 2 rings (SSSR count). The van der Waals surface area contributed by atoms with Crippen molar-refractivity contribution in [2.24, 2.45) is 0 Å². The van der Waals surface area contributed by atoms with Gasteiger partial charge in [0.05, 0.1) is 11.5 Å². The first kappa shape index (κ1) is 15.9. The third kappa shape index (κ3) is 4.49. The number of non-ortho nitro benzene ring substituents is 1. The topological polar surface area (TPSA) is 136 Å². The molecule has 0 radical (unpaired) electrons. The highest BCUT2D eigenvalue weighted by Crippen LogP contribution is 2.27. The van der Waals surface area contributed by atoms with Crippen LogP contribution in [-0.2, 0) is 11.3 Å². The van der Waals surface area contributed by atoms with Crippen molar-refractivity contribution in [3.63, 3.8) is 0 Å². The van der Waals surface area contributed by atoms with E-state index in [9.17, 15) is 14.9 Å². The molecule has 0 saturated heterocycles. The SMILES string of the molecule is O=C(Cn1cnnn1)Nc1cc(SCCO)cc([N+](=O)[O-])c1. The van der Waals surface area contributed by atoms with E-state index in [2.05, 4.69) is 20.8 Å². The number of nitrogens with one attached hydrogen (secondary N) is 1. The number of hydrogen-bond donors (Lipinski definition) is 2. The Labute approximate surface area is 128 Å². The summed E-state index contributed by atoms with van der Waals surface area (Å²) in [5.41, 5.74) is 0.161. The van der Waals surface area contributed by atoms with Gasteiger partial charge in [-0.2, -0.15) is 0 Å². The van der Waals surface area contributed by atoms with Crippen LogP contribution >= 0.6 is 11.8 Å². The van der Waals surface area contributed by atoms with Crippen molar-refractivity contribution in [1.82, 2.24) is 20.2 Å². The van der Waals surface area contributed by atoms with E-state index in [0.717, 1.165) is 0 Å². The Balaban J connectivity index is 2.12. The summed E-state index contributed by atoms with van der Waals surface area (Å²) >= 11 is 1.26. The number of nitro groups is 1. The molecule has 1 amide bonds. The van der Waals surface area contributed by atoms with Crippen LogP contribution in [-0.4, -0.2) is 48.5 Å². The fraction of sp³-hybridized carbons (Fsp3) is 0.273. The van der Waals surface area contributed by atoms with Crippen LogP contribution in [0.1, 0.15) is 0 Å². The summed E-state index contributed by atoms with van der Waals surface area (Å²) in [6.45, 7) is -0.150. The lowest BCUT2D eigenvalue weighted by atomic mass is 10.3. The van der Waals surface area contributed by atoms with Gasteiger partial charge in [0, 0.05) is 28.5 Å². The molecule has 0 unspecified atom stereocenters. The number of hydrogen-bond acceptors (Lipinski definition) is 8. The van der Waals surface area contributed by atoms with Gasteiger partial charge in [0.25, 0.3) is 5.69 Å². The highest BCUT2D eigenvalue weighted by atomic mass is 32.2. The fourth-order valence-corrected chi connectivity index (χ4v) is 2.35. The lowest BCUT2D eigenvalue weighted by Gasteiger charge is -2.07. The number of aliphatic hydroxyl groups excluding tert-OH is 1. The predicted octanol–water partition coefficient (Wildman–Crippen LogP) is 0.304. The summed E-state index contributed by atoms with van der Waals surface area (Å²) in [5, 5.41) is 32.7. The van der Waals surface area contributed by atoms with Crippen LogP contribution in [0.25, 0.3) is 0 Å². The minimum Gasteiger partial charge on any atom is -0.396 e. The van der Waals surface area contributed by atoms with Gasteiger partial charge < -0.3 is 10.4 Å². The van der Waals surface area contributed by atoms with Crippen LogP contribution in [0.3, 0.4) is 0 Å². The molecule has 1 aromatic heterocycles. The number of amides is 1. The van der Waals surface area contributed by atoms with E-state index in [-0.39, 0.29) is 18.8 Å². The molecule has 0 fully saturated rings. The first-order valence-electron chi connectivity index (χ1n) is 6.12. The van der Waals surface area contributed by atoms with Gasteiger partial charge in [-0.1, -0.05) is 0 Å². The predicted molar refractivity (Wildman–Crippen MR) is 77.4 cm³/mol. The first-order valence-corrected chi connectivity index (χ1v) is 7.11. The van der Waals surface area contributed by atoms with Gasteiger partial charge in [0.1, 0.15) is 12.9 Å². The molecule has 22 heavy (non-hydrogen) atoms. The van der Waals surface area contributed by atoms with Crippen molar-refractivity contribution in [2.75, 3.05) is 17.7 Å². The maximum absolute atomic E-state index is 11.8. The number of benzene rings is 1. The Hall–Kier alpha value is -2.53. The quantitative estimate of drug-likeness (QED) is 0.422. The van der Waals surface area contributed by atoms with E-state index in [1.54, 1.807) is 6.07 Å². The average Bonchev–Trinajstić information content (AvgIpc) is 2.97. The smallest absolute Gasteiger partial charge is 0.272 e. The van der Waals surface area contributed by atoms with Crippen LogP contribution in [0.5, 0.6) is 0 Å². The molecule has 0 bridgehead atoms. The molecule has 1 heterocycles. The number of aliphatic hydroxyl groups is 1. The third-order valence-corrected chi connectivity index (χ3v) is 3.40. The molecule has 0 saturated carbocycles. The molecule has 116 valence electrons. The zero-order valence-electron chi connectivity index (χ0n) is 11.2. The number of tetrazole rings is 1. The second-order valence-electron chi connectivity index (χ2n) is 4.10. The lowest BCUT2D eigenvalue weighted by Crippen LogP contribution is -2.19. The van der Waals surface area contributed by atoms with Gasteiger partial charge in [-0.05, 0) is 16.5 Å². The minimum absolute atomic E-state index is 0.0473. The van der Waals surface area contributed by atoms with Crippen molar-refractivity contribution >= 4 is 29.0 Å². The van der Waals surface area contributed by atoms with Crippen LogP contribution < -0.4 is 5.32 Å². The number of carbonyl (C=O) groups is 1. The second kappa shape index (κ2) is 7.47. The highest BCUT2D eigenvalue weighted by molar-refractivity contribution is 7.99. The van der Waals surface area contributed by atoms with Gasteiger partial charge >= 0.3 is 0 Å². The van der Waals surface area contributed by atoms with Gasteiger partial charge in [0.15, 0.2) is 0 Å². The van der Waals surface area contributed by atoms with E-state index in [1.165, 1.54) is 34.9 Å². The van der Waals surface area contributed by atoms with E-state index in [4.69, 9.17) is 5.11 Å². The Morgan fingerprint density at radius 3 is 2.91 bits per heavy atom. The molecule has 0 aliphatic heterocycles. The molecule has 0 spiro atoms. The molecular weight excluding hydrogens is 312 g/mol. The molecule has 0 aliphatic carbocycles. The molecule has 0 aliphatic rings. The van der Waals surface area contributed by atoms with E-state index in [0.29, 0.717) is 16.3 Å². The van der Waals surface area contributed by atoms with Crippen LogP contribution in [0.2, 0.25) is 0 Å². The standard InChI is InChI=1S/C11H12N6O4S/c18-1-2-22-10-4-8(3-9(5-10)17(20)21)13-11(19)6-16-7-12-14-15-16/h3-5,7,18H,1-2,6H2,(H,13,19). The average molecular weight is 324 g/mol. The lowest BCUT2D eigenvalue weighted by molar-refractivity contribution is -0.385. The summed E-state index contributed by atoms with van der Waals surface area (Å²) in [4.78, 5) is 22.8. The zero-order chi connectivity index (χ0) is 15.9. The molecule has 0 atom stereocenters. The van der Waals surface area contributed by atoms with Gasteiger partial charge in [-0.15, -0.1) is 16.9 Å². The summed E-state index contributed by atoms with van der Waals surface area (Å²) in [7, 11) is 0. The maximum Gasteiger partial charge on any atom is 0.272 e. The second-order valence-corrected chi connectivity index (χ2v) is 5.27. The van der Waals surface area contributed by atoms with Crippen molar-refractivity contribution < 1.29 is 14.8 Å². The van der Waals surface area contributed by atoms with Crippen molar-refractivity contribution in [2.45, 2.75) is 11.4 Å². The van der Waals surface area contributed by atoms with Crippen LogP contribution in [0, 0.1) is 10.1 Å². The molecule has 11 heteroatoms. The number of nitro benzene ring substituents is 1. The minimum atomic E-state index is -0.542. The molecule has 10 nitrogen and oxygen atoms in total. The first-order chi connectivity index (χ1) is 10.6. The number of carbonyl (C=O) groups excluding carboxylic acids is 1. The van der Waals surface area contributed by atoms with Crippen LogP contribution in [0.4, 0.5) is 11.4 Å². The number of thioether (sulfide) groups is 1. The summed E-state index contributed by atoms with van der Waals surface area (Å²) in [5.74, 6) is -0.00923. The summed E-state index contributed by atoms with van der Waals surface area (Å²) in [6.07, 6.45) is 1.29. The maximum atomic E-state index is 11.8. The monoisotopic (exact) mass is 324 g/mol. The normalized spacial score (nSPS) is 10.4. The largest absolute Gasteiger partial charge is 0.396 e. The number of aromatic nitrogens is 4. The highest BCUT2D eigenvalue weighted by Gasteiger charge is 2.12. The van der Waals surface area contributed by atoms with Crippen molar-refractivity contribution in [3.8, 4) is 0 Å². The van der Waals surface area contributed by atoms with E-state index in [1.807, 2.05) is 0 Å². The Morgan fingerprint density at radius 2 is 2.27 bits per heavy atom.